The molecule has 22 heavy (non-hydrogen) atoms. The molecule has 0 fully saturated rings. The van der Waals surface area contributed by atoms with Gasteiger partial charge in [-0.1, -0.05) is 42.0 Å². The van der Waals surface area contributed by atoms with Crippen LogP contribution in [0.1, 0.15) is 16.7 Å². The van der Waals surface area contributed by atoms with Crippen LogP contribution in [0.5, 0.6) is 0 Å². The molecule has 0 bridgehead atoms. The second kappa shape index (κ2) is 7.71. The van der Waals surface area contributed by atoms with Gasteiger partial charge in [0.25, 0.3) is 0 Å². The van der Waals surface area contributed by atoms with Crippen molar-refractivity contribution in [3.8, 4) is 0 Å². The van der Waals surface area contributed by atoms with Gasteiger partial charge in [0.05, 0.1) is 23.7 Å². The quantitative estimate of drug-likeness (QED) is 0.627. The molecule has 0 spiro atoms. The number of aryl methyl sites for hydroxylation is 1. The maximum absolute atomic E-state index is 12.5. The summed E-state index contributed by atoms with van der Waals surface area (Å²) in [4.78, 5) is 12.0. The predicted molar refractivity (Wildman–Crippen MR) is 88.8 cm³/mol. The van der Waals surface area contributed by atoms with E-state index in [1.807, 2.05) is 55.5 Å². The molecule has 0 heterocycles. The summed E-state index contributed by atoms with van der Waals surface area (Å²) in [7, 11) is 0.219. The molecule has 0 aliphatic carbocycles. The average molecular weight is 314 g/mol. The number of benzene rings is 2. The first-order valence-corrected chi connectivity index (χ1v) is 8.21. The molecular formula is C18H18O3S. The average Bonchev–Trinajstić information content (AvgIpc) is 2.54. The molecule has 0 amide bonds. The number of hydrogen-bond donors (Lipinski definition) is 0. The molecule has 0 N–H and O–H groups in total. The van der Waals surface area contributed by atoms with Crippen molar-refractivity contribution in [3.63, 3.8) is 0 Å². The van der Waals surface area contributed by atoms with E-state index in [1.165, 1.54) is 13.2 Å². The Bertz CT molecular complexity index is 703. The van der Waals surface area contributed by atoms with Crippen molar-refractivity contribution in [2.45, 2.75) is 17.6 Å². The van der Waals surface area contributed by atoms with Gasteiger partial charge in [-0.15, -0.1) is 0 Å². The lowest BCUT2D eigenvalue weighted by atomic mass is 10.1. The molecule has 114 valence electrons. The molecule has 0 aliphatic heterocycles. The van der Waals surface area contributed by atoms with Gasteiger partial charge in [0.15, 0.2) is 0 Å². The summed E-state index contributed by atoms with van der Waals surface area (Å²) in [6, 6.07) is 15.3. The van der Waals surface area contributed by atoms with Crippen LogP contribution >= 0.6 is 0 Å². The first-order valence-electron chi connectivity index (χ1n) is 6.89. The van der Waals surface area contributed by atoms with E-state index in [4.69, 9.17) is 0 Å². The monoisotopic (exact) mass is 314 g/mol. The third kappa shape index (κ3) is 4.40. The van der Waals surface area contributed by atoms with Crippen LogP contribution in [0.4, 0.5) is 0 Å². The fourth-order valence-electron chi connectivity index (χ4n) is 1.97. The normalized spacial score (nSPS) is 12.3. The van der Waals surface area contributed by atoms with E-state index < -0.39 is 16.8 Å². The molecule has 0 radical (unpaired) electrons. The minimum atomic E-state index is -1.12. The van der Waals surface area contributed by atoms with Gasteiger partial charge in [-0.3, -0.25) is 4.21 Å². The second-order valence-corrected chi connectivity index (χ2v) is 6.31. The Morgan fingerprint density at radius 2 is 1.82 bits per heavy atom. The fourth-order valence-corrected chi connectivity index (χ4v) is 3.12. The van der Waals surface area contributed by atoms with Crippen molar-refractivity contribution in [3.05, 3.63) is 71.3 Å². The number of rotatable bonds is 5. The van der Waals surface area contributed by atoms with E-state index in [0.717, 1.165) is 21.6 Å². The summed E-state index contributed by atoms with van der Waals surface area (Å²) in [5, 5.41) is 0. The maximum atomic E-state index is 12.5. The van der Waals surface area contributed by atoms with Gasteiger partial charge >= 0.3 is 5.97 Å². The molecule has 0 aliphatic rings. The molecule has 0 saturated carbocycles. The van der Waals surface area contributed by atoms with Gasteiger partial charge in [0, 0.05) is 11.0 Å². The highest BCUT2D eigenvalue weighted by molar-refractivity contribution is 7.84. The van der Waals surface area contributed by atoms with Crippen LogP contribution in [-0.2, 0) is 26.1 Å². The minimum Gasteiger partial charge on any atom is -0.466 e. The van der Waals surface area contributed by atoms with Crippen molar-refractivity contribution in [2.75, 3.05) is 7.11 Å². The van der Waals surface area contributed by atoms with Gasteiger partial charge in [0.2, 0.25) is 0 Å². The standard InChI is InChI=1S/C18H18O3S/c1-14-7-10-17(11-8-14)22(20)13-16-6-4-3-5-15(16)9-12-18(19)21-2/h3-12H,13H2,1-2H3/b12-9+. The first-order chi connectivity index (χ1) is 10.6. The number of methoxy groups -OCH3 is 1. The Balaban J connectivity index is 2.19. The van der Waals surface area contributed by atoms with Crippen molar-refractivity contribution in [1.29, 1.82) is 0 Å². The lowest BCUT2D eigenvalue weighted by Gasteiger charge is -2.07. The van der Waals surface area contributed by atoms with Gasteiger partial charge in [-0.25, -0.2) is 4.79 Å². The van der Waals surface area contributed by atoms with Crippen molar-refractivity contribution < 1.29 is 13.7 Å². The molecule has 2 rings (SSSR count). The molecule has 4 heteroatoms. The van der Waals surface area contributed by atoms with E-state index in [1.54, 1.807) is 6.08 Å². The van der Waals surface area contributed by atoms with Gasteiger partial charge in [0.1, 0.15) is 0 Å². The Hall–Kier alpha value is -2.20. The smallest absolute Gasteiger partial charge is 0.330 e. The van der Waals surface area contributed by atoms with Crippen molar-refractivity contribution in [1.82, 2.24) is 0 Å². The highest BCUT2D eigenvalue weighted by atomic mass is 32.2. The van der Waals surface area contributed by atoms with Crippen LogP contribution in [0.2, 0.25) is 0 Å². The third-order valence-corrected chi connectivity index (χ3v) is 4.60. The number of ether oxygens (including phenoxy) is 1. The summed E-state index contributed by atoms with van der Waals surface area (Å²) in [5.41, 5.74) is 2.94. The molecule has 3 nitrogen and oxygen atoms in total. The fraction of sp³-hybridized carbons (Fsp3) is 0.167. The Labute approximate surface area is 133 Å². The molecule has 0 saturated heterocycles. The summed E-state index contributed by atoms with van der Waals surface area (Å²) in [6.45, 7) is 2.00. The first kappa shape index (κ1) is 16.2. The molecule has 2 aromatic rings. The predicted octanol–water partition coefficient (Wildman–Crippen LogP) is 3.49. The second-order valence-electron chi connectivity index (χ2n) is 4.86. The van der Waals surface area contributed by atoms with Crippen molar-refractivity contribution >= 4 is 22.8 Å². The summed E-state index contributed by atoms with van der Waals surface area (Å²) in [5.74, 6) is -0.000420. The zero-order chi connectivity index (χ0) is 15.9. The Morgan fingerprint density at radius 1 is 1.14 bits per heavy atom. The highest BCUT2D eigenvalue weighted by Crippen LogP contribution is 2.17. The molecule has 1 atom stereocenters. The lowest BCUT2D eigenvalue weighted by Crippen LogP contribution is -1.99. The molecule has 1 unspecified atom stereocenters. The number of carbonyl (C=O) groups excluding carboxylic acids is 1. The van der Waals surface area contributed by atoms with Gasteiger partial charge < -0.3 is 4.74 Å². The van der Waals surface area contributed by atoms with E-state index in [-0.39, 0.29) is 0 Å². The topological polar surface area (TPSA) is 43.4 Å². The number of esters is 1. The molecule has 2 aromatic carbocycles. The SMILES string of the molecule is COC(=O)/C=C/c1ccccc1CS(=O)c1ccc(C)cc1. The maximum Gasteiger partial charge on any atom is 0.330 e. The van der Waals surface area contributed by atoms with Gasteiger partial charge in [-0.05, 0) is 36.3 Å². The van der Waals surface area contributed by atoms with Crippen LogP contribution in [0.25, 0.3) is 6.08 Å². The highest BCUT2D eigenvalue weighted by Gasteiger charge is 2.07. The summed E-state index contributed by atoms with van der Waals surface area (Å²) >= 11 is 0. The molecular weight excluding hydrogens is 296 g/mol. The number of hydrogen-bond acceptors (Lipinski definition) is 3. The van der Waals surface area contributed by atoms with E-state index in [2.05, 4.69) is 4.74 Å². The van der Waals surface area contributed by atoms with Crippen molar-refractivity contribution in [2.24, 2.45) is 0 Å². The van der Waals surface area contributed by atoms with Crippen LogP contribution in [0, 0.1) is 6.92 Å². The lowest BCUT2D eigenvalue weighted by molar-refractivity contribution is -0.134. The van der Waals surface area contributed by atoms with Crippen LogP contribution in [0.3, 0.4) is 0 Å². The van der Waals surface area contributed by atoms with Crippen LogP contribution in [-0.4, -0.2) is 17.3 Å². The van der Waals surface area contributed by atoms with E-state index in [0.29, 0.717) is 5.75 Å². The van der Waals surface area contributed by atoms with E-state index >= 15 is 0 Å². The Morgan fingerprint density at radius 3 is 2.50 bits per heavy atom. The van der Waals surface area contributed by atoms with Gasteiger partial charge in [-0.2, -0.15) is 0 Å². The Kier molecular flexibility index (Phi) is 5.67. The summed E-state index contributed by atoms with van der Waals surface area (Å²) in [6.07, 6.45) is 3.06. The molecule has 0 aromatic heterocycles. The summed E-state index contributed by atoms with van der Waals surface area (Å²) < 4.78 is 17.1. The van der Waals surface area contributed by atoms with E-state index in [9.17, 15) is 9.00 Å². The number of carbonyl (C=O) groups is 1. The largest absolute Gasteiger partial charge is 0.466 e. The van der Waals surface area contributed by atoms with Crippen LogP contribution in [0.15, 0.2) is 59.5 Å². The van der Waals surface area contributed by atoms with Crippen LogP contribution < -0.4 is 0 Å². The zero-order valence-electron chi connectivity index (χ0n) is 12.6. The minimum absolute atomic E-state index is 0.407. The third-order valence-electron chi connectivity index (χ3n) is 3.23. The zero-order valence-corrected chi connectivity index (χ0v) is 13.4.